The van der Waals surface area contributed by atoms with Crippen LogP contribution in [0.3, 0.4) is 0 Å². The SMILES string of the molecule is COc1ccc(SC(C)C(=O)NCc2ccc(N3CCCCC3)cc2)cc1OC. The van der Waals surface area contributed by atoms with Crippen LogP contribution in [0.1, 0.15) is 31.7 Å². The molecule has 2 aromatic carbocycles. The third-order valence-corrected chi connectivity index (χ3v) is 6.26. The topological polar surface area (TPSA) is 50.8 Å². The Kier molecular flexibility index (Phi) is 7.69. The second kappa shape index (κ2) is 10.4. The molecule has 5 nitrogen and oxygen atoms in total. The van der Waals surface area contributed by atoms with Crippen LogP contribution < -0.4 is 19.7 Å². The molecule has 1 heterocycles. The summed E-state index contributed by atoms with van der Waals surface area (Å²) in [5, 5.41) is 2.83. The van der Waals surface area contributed by atoms with E-state index < -0.39 is 0 Å². The van der Waals surface area contributed by atoms with Crippen LogP contribution in [0.2, 0.25) is 0 Å². The first-order valence-electron chi connectivity index (χ1n) is 10.1. The first kappa shape index (κ1) is 21.4. The quantitative estimate of drug-likeness (QED) is 0.645. The second-order valence-corrected chi connectivity index (χ2v) is 8.62. The predicted octanol–water partition coefficient (Wildman–Crippen LogP) is 4.49. The summed E-state index contributed by atoms with van der Waals surface area (Å²) in [7, 11) is 3.22. The van der Waals surface area contributed by atoms with Gasteiger partial charge < -0.3 is 19.7 Å². The summed E-state index contributed by atoms with van der Waals surface area (Å²) < 4.78 is 10.6. The summed E-state index contributed by atoms with van der Waals surface area (Å²) in [6.07, 6.45) is 3.88. The molecule has 1 amide bonds. The molecule has 1 saturated heterocycles. The van der Waals surface area contributed by atoms with Gasteiger partial charge in [0.1, 0.15) is 0 Å². The van der Waals surface area contributed by atoms with Crippen LogP contribution in [0.4, 0.5) is 5.69 Å². The van der Waals surface area contributed by atoms with Gasteiger partial charge in [-0.25, -0.2) is 0 Å². The number of methoxy groups -OCH3 is 2. The van der Waals surface area contributed by atoms with Crippen molar-refractivity contribution in [2.24, 2.45) is 0 Å². The fourth-order valence-corrected chi connectivity index (χ4v) is 4.38. The number of benzene rings is 2. The Hall–Kier alpha value is -2.34. The van der Waals surface area contributed by atoms with Crippen molar-refractivity contribution in [3.8, 4) is 11.5 Å². The number of amides is 1. The van der Waals surface area contributed by atoms with Crippen molar-refractivity contribution in [1.29, 1.82) is 0 Å². The highest BCUT2D eigenvalue weighted by Crippen LogP contribution is 2.33. The molecule has 1 atom stereocenters. The number of carbonyl (C=O) groups is 1. The van der Waals surface area contributed by atoms with Crippen LogP contribution in [0, 0.1) is 0 Å². The largest absolute Gasteiger partial charge is 0.493 e. The highest BCUT2D eigenvalue weighted by Gasteiger charge is 2.16. The van der Waals surface area contributed by atoms with Crippen molar-refractivity contribution < 1.29 is 14.3 Å². The van der Waals surface area contributed by atoms with Crippen LogP contribution in [0.15, 0.2) is 47.4 Å². The zero-order chi connectivity index (χ0) is 20.6. The van der Waals surface area contributed by atoms with E-state index in [1.165, 1.54) is 36.7 Å². The molecular weight excluding hydrogens is 384 g/mol. The third-order valence-electron chi connectivity index (χ3n) is 5.16. The number of nitrogens with zero attached hydrogens (tertiary/aromatic N) is 1. The first-order chi connectivity index (χ1) is 14.1. The normalized spacial score (nSPS) is 14.9. The lowest BCUT2D eigenvalue weighted by molar-refractivity contribution is -0.120. The maximum atomic E-state index is 12.5. The van der Waals surface area contributed by atoms with E-state index in [0.717, 1.165) is 23.5 Å². The highest BCUT2D eigenvalue weighted by molar-refractivity contribution is 8.00. The zero-order valence-electron chi connectivity index (χ0n) is 17.4. The third kappa shape index (κ3) is 5.82. The fraction of sp³-hybridized carbons (Fsp3) is 0.435. The van der Waals surface area contributed by atoms with E-state index >= 15 is 0 Å². The molecule has 0 bridgehead atoms. The Morgan fingerprint density at radius 1 is 1.03 bits per heavy atom. The Bertz CT molecular complexity index is 804. The molecule has 1 N–H and O–H groups in total. The Morgan fingerprint density at radius 2 is 1.72 bits per heavy atom. The Balaban J connectivity index is 1.51. The van der Waals surface area contributed by atoms with Gasteiger partial charge >= 0.3 is 0 Å². The van der Waals surface area contributed by atoms with Gasteiger partial charge in [-0.1, -0.05) is 12.1 Å². The number of anilines is 1. The lowest BCUT2D eigenvalue weighted by Crippen LogP contribution is -2.30. The smallest absolute Gasteiger partial charge is 0.233 e. The van der Waals surface area contributed by atoms with Gasteiger partial charge in [-0.05, 0) is 62.1 Å². The minimum absolute atomic E-state index is 0.0184. The summed E-state index contributed by atoms with van der Waals surface area (Å²) >= 11 is 1.50. The van der Waals surface area contributed by atoms with Crippen molar-refractivity contribution in [2.75, 3.05) is 32.2 Å². The van der Waals surface area contributed by atoms with Crippen LogP contribution in [0.25, 0.3) is 0 Å². The van der Waals surface area contributed by atoms with Gasteiger partial charge in [0.05, 0.1) is 19.5 Å². The average molecular weight is 415 g/mol. The molecule has 1 fully saturated rings. The minimum Gasteiger partial charge on any atom is -0.493 e. The number of ether oxygens (including phenoxy) is 2. The van der Waals surface area contributed by atoms with Gasteiger partial charge in [0.25, 0.3) is 0 Å². The van der Waals surface area contributed by atoms with Gasteiger partial charge in [0.15, 0.2) is 11.5 Å². The monoisotopic (exact) mass is 414 g/mol. The van der Waals surface area contributed by atoms with Crippen molar-refractivity contribution >= 4 is 23.4 Å². The van der Waals surface area contributed by atoms with Gasteiger partial charge in [-0.3, -0.25) is 4.79 Å². The molecule has 0 spiro atoms. The maximum absolute atomic E-state index is 12.5. The van der Waals surface area contributed by atoms with Crippen molar-refractivity contribution in [3.63, 3.8) is 0 Å². The molecule has 0 aromatic heterocycles. The van der Waals surface area contributed by atoms with Crippen LogP contribution >= 0.6 is 11.8 Å². The molecule has 0 aliphatic carbocycles. The summed E-state index contributed by atoms with van der Waals surface area (Å²) in [6.45, 7) is 4.73. The number of rotatable bonds is 8. The van der Waals surface area contributed by atoms with Crippen molar-refractivity contribution in [3.05, 3.63) is 48.0 Å². The average Bonchev–Trinajstić information content (AvgIpc) is 2.78. The van der Waals surface area contributed by atoms with Crippen LogP contribution in [-0.4, -0.2) is 38.5 Å². The van der Waals surface area contributed by atoms with Gasteiger partial charge in [0.2, 0.25) is 5.91 Å². The molecule has 0 radical (unpaired) electrons. The first-order valence-corrected chi connectivity index (χ1v) is 11.0. The number of thioether (sulfide) groups is 1. The van der Waals surface area contributed by atoms with E-state index in [2.05, 4.69) is 34.5 Å². The lowest BCUT2D eigenvalue weighted by Gasteiger charge is -2.28. The van der Waals surface area contributed by atoms with E-state index in [0.29, 0.717) is 18.0 Å². The molecule has 156 valence electrons. The van der Waals surface area contributed by atoms with Gasteiger partial charge in [-0.15, -0.1) is 11.8 Å². The van der Waals surface area contributed by atoms with E-state index in [1.54, 1.807) is 14.2 Å². The molecular formula is C23H30N2O3S. The molecule has 1 unspecified atom stereocenters. The molecule has 1 aliphatic heterocycles. The number of hydrogen-bond donors (Lipinski definition) is 1. The standard InChI is InChI=1S/C23H30N2O3S/c1-17(29-20-11-12-21(27-2)22(15-20)28-3)23(26)24-16-18-7-9-19(10-8-18)25-13-5-4-6-14-25/h7-12,15,17H,4-6,13-14,16H2,1-3H3,(H,24,26). The minimum atomic E-state index is -0.208. The van der Waals surface area contributed by atoms with Crippen LogP contribution in [-0.2, 0) is 11.3 Å². The van der Waals surface area contributed by atoms with Gasteiger partial charge in [-0.2, -0.15) is 0 Å². The van der Waals surface area contributed by atoms with Gasteiger partial charge in [0, 0.05) is 30.2 Å². The molecule has 3 rings (SSSR count). The molecule has 2 aromatic rings. The number of carbonyl (C=O) groups excluding carboxylic acids is 1. The summed E-state index contributed by atoms with van der Waals surface area (Å²) in [5.74, 6) is 1.37. The summed E-state index contributed by atoms with van der Waals surface area (Å²) in [4.78, 5) is 15.9. The lowest BCUT2D eigenvalue weighted by atomic mass is 10.1. The second-order valence-electron chi connectivity index (χ2n) is 7.21. The number of nitrogens with one attached hydrogen (secondary N) is 1. The van der Waals surface area contributed by atoms with E-state index in [-0.39, 0.29) is 11.2 Å². The summed E-state index contributed by atoms with van der Waals surface area (Å²) in [6, 6.07) is 14.2. The maximum Gasteiger partial charge on any atom is 0.233 e. The molecule has 29 heavy (non-hydrogen) atoms. The Labute approximate surface area is 177 Å². The van der Waals surface area contributed by atoms with Crippen molar-refractivity contribution in [1.82, 2.24) is 5.32 Å². The highest BCUT2D eigenvalue weighted by atomic mass is 32.2. The van der Waals surface area contributed by atoms with E-state index in [9.17, 15) is 4.79 Å². The van der Waals surface area contributed by atoms with E-state index in [4.69, 9.17) is 9.47 Å². The molecule has 0 saturated carbocycles. The Morgan fingerprint density at radius 3 is 2.38 bits per heavy atom. The summed E-state index contributed by atoms with van der Waals surface area (Å²) in [5.41, 5.74) is 2.39. The molecule has 1 aliphatic rings. The molecule has 6 heteroatoms. The fourth-order valence-electron chi connectivity index (χ4n) is 3.46. The predicted molar refractivity (Wildman–Crippen MR) is 119 cm³/mol. The number of hydrogen-bond acceptors (Lipinski definition) is 5. The zero-order valence-corrected chi connectivity index (χ0v) is 18.3. The number of piperidine rings is 1. The van der Waals surface area contributed by atoms with Crippen LogP contribution in [0.5, 0.6) is 11.5 Å². The van der Waals surface area contributed by atoms with E-state index in [1.807, 2.05) is 25.1 Å². The van der Waals surface area contributed by atoms with Crippen molar-refractivity contribution in [2.45, 2.75) is 42.9 Å².